The maximum Gasteiger partial charge on any atom is 0.324 e. The van der Waals surface area contributed by atoms with E-state index < -0.39 is 0 Å². The number of carbonyl (C=O) groups is 1. The zero-order valence-corrected chi connectivity index (χ0v) is 7.37. The molecule has 68 valence electrons. The first-order chi connectivity index (χ1) is 6.24. The fourth-order valence-electron chi connectivity index (χ4n) is 0.853. The van der Waals surface area contributed by atoms with Crippen molar-refractivity contribution in [3.63, 3.8) is 0 Å². The van der Waals surface area contributed by atoms with Crippen molar-refractivity contribution in [2.24, 2.45) is 0 Å². The average Bonchev–Trinajstić information content (AvgIpc) is 2.09. The number of amides is 2. The van der Waals surface area contributed by atoms with Crippen molar-refractivity contribution in [2.45, 2.75) is 6.92 Å². The summed E-state index contributed by atoms with van der Waals surface area (Å²) in [7, 11) is 0. The van der Waals surface area contributed by atoms with E-state index >= 15 is 0 Å². The Morgan fingerprint density at radius 2 is 2.46 bits per heavy atom. The molecule has 1 aromatic heterocycles. The summed E-state index contributed by atoms with van der Waals surface area (Å²) in [5.74, 6) is 0.557. The second-order valence-electron chi connectivity index (χ2n) is 2.47. The van der Waals surface area contributed by atoms with E-state index in [1.165, 1.54) is 6.20 Å². The van der Waals surface area contributed by atoms with E-state index in [0.717, 1.165) is 5.56 Å². The highest BCUT2D eigenvalue weighted by molar-refractivity contribution is 5.89. The van der Waals surface area contributed by atoms with Gasteiger partial charge in [0, 0.05) is 6.20 Å². The highest BCUT2D eigenvalue weighted by Crippen LogP contribution is 2.08. The van der Waals surface area contributed by atoms with E-state index in [0.29, 0.717) is 5.82 Å². The Labute approximate surface area is 76.7 Å². The lowest BCUT2D eigenvalue weighted by atomic mass is 10.3. The molecule has 2 N–H and O–H groups in total. The number of hydrogen-bond acceptors (Lipinski definition) is 2. The summed E-state index contributed by atoms with van der Waals surface area (Å²) in [4.78, 5) is 15.0. The maximum atomic E-state index is 11.0. The van der Waals surface area contributed by atoms with Crippen molar-refractivity contribution in [1.29, 1.82) is 0 Å². The summed E-state index contributed by atoms with van der Waals surface area (Å²) in [6, 6.07) is 3.35. The van der Waals surface area contributed by atoms with E-state index in [1.54, 1.807) is 6.20 Å². The number of pyridine rings is 1. The molecule has 4 nitrogen and oxygen atoms in total. The van der Waals surface area contributed by atoms with Crippen LogP contribution in [0.5, 0.6) is 0 Å². The molecule has 0 fully saturated rings. The molecule has 0 saturated carbocycles. The number of nitrogens with zero attached hydrogens (tertiary/aromatic N) is 1. The molecule has 13 heavy (non-hydrogen) atoms. The number of aromatic nitrogens is 1. The van der Waals surface area contributed by atoms with Gasteiger partial charge in [-0.25, -0.2) is 9.78 Å². The summed E-state index contributed by atoms with van der Waals surface area (Å²) in [5, 5.41) is 4.97. The van der Waals surface area contributed by atoms with Gasteiger partial charge in [-0.1, -0.05) is 12.6 Å². The monoisotopic (exact) mass is 177 g/mol. The number of nitrogens with one attached hydrogen (secondary N) is 2. The number of anilines is 1. The Kier molecular flexibility index (Phi) is 3.03. The smallest absolute Gasteiger partial charge is 0.315 e. The predicted octanol–water partition coefficient (Wildman–Crippen LogP) is 1.66. The first-order valence-electron chi connectivity index (χ1n) is 3.84. The molecule has 0 aliphatic rings. The summed E-state index contributed by atoms with van der Waals surface area (Å²) in [6.45, 7) is 5.24. The molecule has 0 aliphatic heterocycles. The van der Waals surface area contributed by atoms with Gasteiger partial charge in [0.1, 0.15) is 5.82 Å². The van der Waals surface area contributed by atoms with Crippen LogP contribution < -0.4 is 10.6 Å². The summed E-state index contributed by atoms with van der Waals surface area (Å²) >= 11 is 0. The lowest BCUT2D eigenvalue weighted by Crippen LogP contribution is -2.24. The number of carbonyl (C=O) groups excluding carboxylic acids is 1. The fourth-order valence-corrected chi connectivity index (χ4v) is 0.853. The van der Waals surface area contributed by atoms with Gasteiger partial charge in [-0.2, -0.15) is 0 Å². The second-order valence-corrected chi connectivity index (χ2v) is 2.47. The molecule has 4 heteroatoms. The quantitative estimate of drug-likeness (QED) is 0.721. The van der Waals surface area contributed by atoms with E-state index in [-0.39, 0.29) is 6.03 Å². The third-order valence-electron chi connectivity index (χ3n) is 1.47. The highest BCUT2D eigenvalue weighted by Gasteiger charge is 2.01. The molecule has 0 aliphatic carbocycles. The minimum atomic E-state index is -0.336. The molecular formula is C9H11N3O. The zero-order chi connectivity index (χ0) is 9.68. The Hall–Kier alpha value is -1.84. The van der Waals surface area contributed by atoms with E-state index in [2.05, 4.69) is 22.2 Å². The molecule has 0 unspecified atom stereocenters. The predicted molar refractivity (Wildman–Crippen MR) is 51.3 cm³/mol. The van der Waals surface area contributed by atoms with Crippen LogP contribution in [0.15, 0.2) is 31.1 Å². The molecule has 0 bridgehead atoms. The van der Waals surface area contributed by atoms with Crippen molar-refractivity contribution >= 4 is 11.8 Å². The second kappa shape index (κ2) is 4.25. The van der Waals surface area contributed by atoms with Crippen LogP contribution in [0.1, 0.15) is 5.56 Å². The van der Waals surface area contributed by atoms with Gasteiger partial charge in [0.2, 0.25) is 0 Å². The number of aryl methyl sites for hydroxylation is 1. The van der Waals surface area contributed by atoms with Gasteiger partial charge < -0.3 is 5.32 Å². The van der Waals surface area contributed by atoms with Crippen LogP contribution in [-0.2, 0) is 0 Å². The van der Waals surface area contributed by atoms with Gasteiger partial charge in [0.05, 0.1) is 0 Å². The van der Waals surface area contributed by atoms with Crippen molar-refractivity contribution in [2.75, 3.05) is 5.32 Å². The fraction of sp³-hybridized carbons (Fsp3) is 0.111. The molecule has 0 saturated heterocycles. The van der Waals surface area contributed by atoms with Gasteiger partial charge in [-0.15, -0.1) is 0 Å². The summed E-state index contributed by atoms with van der Waals surface area (Å²) in [6.07, 6.45) is 2.93. The third kappa shape index (κ3) is 2.59. The van der Waals surface area contributed by atoms with Crippen molar-refractivity contribution in [3.8, 4) is 0 Å². The van der Waals surface area contributed by atoms with Crippen LogP contribution in [0.2, 0.25) is 0 Å². The standard InChI is InChI=1S/C9H11N3O/c1-3-10-9(13)12-8-7(2)5-4-6-11-8/h3-6H,1H2,2H3,(H2,10,11,12,13). The largest absolute Gasteiger partial charge is 0.324 e. The molecule has 0 atom stereocenters. The number of rotatable bonds is 2. The van der Waals surface area contributed by atoms with Gasteiger partial charge in [-0.05, 0) is 24.8 Å². The van der Waals surface area contributed by atoms with Crippen LogP contribution in [0.4, 0.5) is 10.6 Å². The van der Waals surface area contributed by atoms with Gasteiger partial charge in [-0.3, -0.25) is 5.32 Å². The van der Waals surface area contributed by atoms with Gasteiger partial charge in [0.25, 0.3) is 0 Å². The normalized spacial score (nSPS) is 9.00. The first-order valence-corrected chi connectivity index (χ1v) is 3.84. The van der Waals surface area contributed by atoms with Crippen LogP contribution in [0.3, 0.4) is 0 Å². The summed E-state index contributed by atoms with van der Waals surface area (Å²) < 4.78 is 0. The molecule has 0 radical (unpaired) electrons. The van der Waals surface area contributed by atoms with E-state index in [1.807, 2.05) is 19.1 Å². The minimum absolute atomic E-state index is 0.336. The Morgan fingerprint density at radius 1 is 1.69 bits per heavy atom. The first kappa shape index (κ1) is 9.25. The highest BCUT2D eigenvalue weighted by atomic mass is 16.2. The topological polar surface area (TPSA) is 54.0 Å². The number of hydrogen-bond donors (Lipinski definition) is 2. The molecule has 1 rings (SSSR count). The SMILES string of the molecule is C=CNC(=O)Nc1ncccc1C. The lowest BCUT2D eigenvalue weighted by Gasteiger charge is -2.05. The van der Waals surface area contributed by atoms with Crippen LogP contribution in [0.25, 0.3) is 0 Å². The van der Waals surface area contributed by atoms with Crippen LogP contribution >= 0.6 is 0 Å². The van der Waals surface area contributed by atoms with Crippen molar-refractivity contribution < 1.29 is 4.79 Å². The molecule has 2 amide bonds. The summed E-state index contributed by atoms with van der Waals surface area (Å²) in [5.41, 5.74) is 0.918. The lowest BCUT2D eigenvalue weighted by molar-refractivity contribution is 0.255. The molecule has 1 heterocycles. The van der Waals surface area contributed by atoms with Crippen molar-refractivity contribution in [3.05, 3.63) is 36.7 Å². The molecule has 0 spiro atoms. The van der Waals surface area contributed by atoms with Gasteiger partial charge >= 0.3 is 6.03 Å². The Bertz CT molecular complexity index is 322. The van der Waals surface area contributed by atoms with E-state index in [9.17, 15) is 4.79 Å². The third-order valence-corrected chi connectivity index (χ3v) is 1.47. The zero-order valence-electron chi connectivity index (χ0n) is 7.37. The van der Waals surface area contributed by atoms with Gasteiger partial charge in [0.15, 0.2) is 0 Å². The minimum Gasteiger partial charge on any atom is -0.315 e. The Balaban J connectivity index is 2.68. The van der Waals surface area contributed by atoms with Crippen LogP contribution in [-0.4, -0.2) is 11.0 Å². The van der Waals surface area contributed by atoms with Crippen molar-refractivity contribution in [1.82, 2.24) is 10.3 Å². The molecule has 0 aromatic carbocycles. The van der Waals surface area contributed by atoms with E-state index in [4.69, 9.17) is 0 Å². The maximum absolute atomic E-state index is 11.0. The average molecular weight is 177 g/mol. The molecule has 1 aromatic rings. The Morgan fingerprint density at radius 3 is 3.08 bits per heavy atom. The number of urea groups is 1. The molecular weight excluding hydrogens is 166 g/mol. The van der Waals surface area contributed by atoms with Crippen LogP contribution in [0, 0.1) is 6.92 Å².